The molecule has 10 nitrogen and oxygen atoms in total. The lowest BCUT2D eigenvalue weighted by atomic mass is 10.0. The number of carbonyl (C=O) groups is 3. The van der Waals surface area contributed by atoms with Crippen molar-refractivity contribution < 1.29 is 40.7 Å². The van der Waals surface area contributed by atoms with E-state index in [9.17, 15) is 36.0 Å². The van der Waals surface area contributed by atoms with E-state index in [1.54, 1.807) is 30.3 Å². The van der Waals surface area contributed by atoms with E-state index in [2.05, 4.69) is 15.6 Å². The molecule has 2 atom stereocenters. The van der Waals surface area contributed by atoms with Crippen LogP contribution in [0.5, 0.6) is 0 Å². The van der Waals surface area contributed by atoms with Crippen molar-refractivity contribution in [3.8, 4) is 0 Å². The highest BCUT2D eigenvalue weighted by Gasteiger charge is 2.42. The third kappa shape index (κ3) is 7.64. The number of esters is 1. The molecule has 3 aromatic rings. The average molecular weight is 692 g/mol. The molecule has 2 amide bonds. The number of nitrogens with zero attached hydrogens (tertiary/aromatic N) is 2. The number of pyridine rings is 1. The van der Waals surface area contributed by atoms with Crippen LogP contribution in [0, 0.1) is 0 Å². The van der Waals surface area contributed by atoms with Crippen molar-refractivity contribution in [2.45, 2.75) is 29.7 Å². The van der Waals surface area contributed by atoms with Crippen LogP contribution in [0.1, 0.15) is 21.5 Å². The normalized spacial score (nSPS) is 16.3. The number of alkyl halides is 3. The fraction of sp³-hybridized carbons (Fsp3) is 0.259. The highest BCUT2D eigenvalue weighted by molar-refractivity contribution is 8.00. The third-order valence-corrected chi connectivity index (χ3v) is 10.0. The van der Waals surface area contributed by atoms with Crippen LogP contribution in [0.4, 0.5) is 18.9 Å². The second-order valence-electron chi connectivity index (χ2n) is 9.33. The van der Waals surface area contributed by atoms with Crippen LogP contribution in [0.25, 0.3) is 0 Å². The number of amides is 2. The van der Waals surface area contributed by atoms with Gasteiger partial charge in [0.15, 0.2) is 5.03 Å². The minimum Gasteiger partial charge on any atom is -0.467 e. The monoisotopic (exact) mass is 690 g/mol. The Morgan fingerprint density at radius 3 is 2.32 bits per heavy atom. The Morgan fingerprint density at radius 2 is 1.75 bits per heavy atom. The van der Waals surface area contributed by atoms with E-state index in [-0.39, 0.29) is 33.7 Å². The van der Waals surface area contributed by atoms with Gasteiger partial charge in [-0.15, -0.1) is 11.8 Å². The number of sulfonamides is 1. The molecule has 17 heteroatoms. The van der Waals surface area contributed by atoms with Crippen molar-refractivity contribution in [3.05, 3.63) is 87.5 Å². The molecule has 44 heavy (non-hydrogen) atoms. The number of hydrogen-bond donors (Lipinski definition) is 2. The van der Waals surface area contributed by atoms with Gasteiger partial charge in [-0.2, -0.15) is 17.5 Å². The highest BCUT2D eigenvalue weighted by Crippen LogP contribution is 2.31. The van der Waals surface area contributed by atoms with E-state index >= 15 is 0 Å². The molecule has 0 bridgehead atoms. The first-order valence-corrected chi connectivity index (χ1v) is 15.9. The smallest absolute Gasteiger partial charge is 0.417 e. The van der Waals surface area contributed by atoms with Crippen molar-refractivity contribution in [2.75, 3.05) is 24.1 Å². The Balaban J connectivity index is 1.45. The van der Waals surface area contributed by atoms with Gasteiger partial charge < -0.3 is 15.4 Å². The average Bonchev–Trinajstić information content (AvgIpc) is 3.48. The van der Waals surface area contributed by atoms with Gasteiger partial charge in [0.2, 0.25) is 5.91 Å². The van der Waals surface area contributed by atoms with Gasteiger partial charge in [-0.05, 0) is 42.0 Å². The predicted molar refractivity (Wildman–Crippen MR) is 158 cm³/mol. The number of anilines is 1. The summed E-state index contributed by atoms with van der Waals surface area (Å²) in [6.07, 6.45) is -4.35. The number of aromatic nitrogens is 1. The van der Waals surface area contributed by atoms with Crippen molar-refractivity contribution in [2.24, 2.45) is 0 Å². The second kappa shape index (κ2) is 13.7. The highest BCUT2D eigenvalue weighted by atomic mass is 35.5. The van der Waals surface area contributed by atoms with Crippen LogP contribution in [0.3, 0.4) is 0 Å². The summed E-state index contributed by atoms with van der Waals surface area (Å²) in [6, 6.07) is 9.82. The summed E-state index contributed by atoms with van der Waals surface area (Å²) in [4.78, 5) is 41.9. The Kier molecular flexibility index (Phi) is 10.5. The lowest BCUT2D eigenvalue weighted by Crippen LogP contribution is -2.52. The van der Waals surface area contributed by atoms with E-state index in [1.807, 2.05) is 0 Å². The molecule has 4 rings (SSSR count). The predicted octanol–water partition coefficient (Wildman–Crippen LogP) is 4.62. The molecular formula is C27H23Cl2F3N4O6S2. The molecule has 1 aliphatic heterocycles. The topological polar surface area (TPSA) is 135 Å². The third-order valence-electron chi connectivity index (χ3n) is 6.42. The van der Waals surface area contributed by atoms with Gasteiger partial charge in [-0.3, -0.25) is 9.59 Å². The quantitative estimate of drug-likeness (QED) is 0.311. The number of thioether (sulfide) groups is 1. The van der Waals surface area contributed by atoms with Gasteiger partial charge in [0.05, 0.1) is 34.2 Å². The number of nitrogens with one attached hydrogen (secondary N) is 2. The standard InChI is InChI=1S/C27H23Cl2F3N4O6S2/c1-42-26(39)20(11-15-5-8-17(9-6-15)34-25(38)23-18(28)3-2-4-19(23)29)35-24(37)21-13-43-14-36(21)44(40,41)22-10-7-16(12-33-22)27(30,31)32/h2-10,12,20-21H,11,13-14H2,1H3,(H,34,38)(H,35,37)/t20-,21+/m0/s1. The summed E-state index contributed by atoms with van der Waals surface area (Å²) in [6.45, 7) is 0. The fourth-order valence-corrected chi connectivity index (χ4v) is 7.80. The van der Waals surface area contributed by atoms with Crippen molar-refractivity contribution in [3.63, 3.8) is 0 Å². The Morgan fingerprint density at radius 1 is 1.09 bits per heavy atom. The molecule has 0 radical (unpaired) electrons. The van der Waals surface area contributed by atoms with E-state index in [4.69, 9.17) is 27.9 Å². The van der Waals surface area contributed by atoms with Crippen LogP contribution >= 0.6 is 35.0 Å². The minimum absolute atomic E-state index is 0.0312. The molecule has 1 aromatic heterocycles. The maximum Gasteiger partial charge on any atom is 0.417 e. The number of rotatable bonds is 9. The maximum absolute atomic E-state index is 13.2. The molecule has 2 heterocycles. The number of halogens is 5. The van der Waals surface area contributed by atoms with Gasteiger partial charge in [0.1, 0.15) is 12.1 Å². The van der Waals surface area contributed by atoms with E-state index in [0.717, 1.165) is 29.2 Å². The number of ether oxygens (including phenoxy) is 1. The van der Waals surface area contributed by atoms with Crippen LogP contribution in [-0.4, -0.2) is 66.3 Å². The maximum atomic E-state index is 13.2. The fourth-order valence-electron chi connectivity index (χ4n) is 4.16. The van der Waals surface area contributed by atoms with Gasteiger partial charge in [-0.1, -0.05) is 41.4 Å². The molecule has 1 fully saturated rings. The molecule has 0 spiro atoms. The van der Waals surface area contributed by atoms with Crippen LogP contribution < -0.4 is 10.6 Å². The molecule has 0 unspecified atom stereocenters. The molecule has 234 valence electrons. The van der Waals surface area contributed by atoms with Gasteiger partial charge >= 0.3 is 12.1 Å². The number of carbonyl (C=O) groups excluding carboxylic acids is 3. The molecule has 1 saturated heterocycles. The molecule has 2 N–H and O–H groups in total. The summed E-state index contributed by atoms with van der Waals surface area (Å²) >= 11 is 13.3. The summed E-state index contributed by atoms with van der Waals surface area (Å²) in [7, 11) is -3.33. The van der Waals surface area contributed by atoms with Gasteiger partial charge in [-0.25, -0.2) is 18.2 Å². The summed E-state index contributed by atoms with van der Waals surface area (Å²) < 4.78 is 70.7. The Labute approximate surface area is 264 Å². The lowest BCUT2D eigenvalue weighted by Gasteiger charge is -2.24. The first kappa shape index (κ1) is 33.5. The number of hydrogen-bond acceptors (Lipinski definition) is 8. The molecule has 0 saturated carbocycles. The van der Waals surface area contributed by atoms with E-state index in [1.165, 1.54) is 12.1 Å². The van der Waals surface area contributed by atoms with E-state index < -0.39 is 56.7 Å². The summed E-state index contributed by atoms with van der Waals surface area (Å²) in [5.74, 6) is -2.26. The minimum atomic E-state index is -4.71. The van der Waals surface area contributed by atoms with Crippen molar-refractivity contribution in [1.29, 1.82) is 0 Å². The molecule has 0 aliphatic carbocycles. The van der Waals surface area contributed by atoms with Gasteiger partial charge in [0, 0.05) is 24.1 Å². The first-order chi connectivity index (χ1) is 20.7. The van der Waals surface area contributed by atoms with Crippen molar-refractivity contribution in [1.82, 2.24) is 14.6 Å². The second-order valence-corrected chi connectivity index (χ2v) is 13.0. The SMILES string of the molecule is COC(=O)[C@H](Cc1ccc(NC(=O)c2c(Cl)cccc2Cl)cc1)NC(=O)[C@H]1CSCN1S(=O)(=O)c1ccc(C(F)(F)F)cn1. The van der Waals surface area contributed by atoms with Gasteiger partial charge in [0.25, 0.3) is 15.9 Å². The van der Waals surface area contributed by atoms with Crippen molar-refractivity contribution >= 4 is 68.5 Å². The van der Waals surface area contributed by atoms with Crippen LogP contribution in [0.15, 0.2) is 65.8 Å². The Hall–Kier alpha value is -3.37. The zero-order valence-corrected chi connectivity index (χ0v) is 25.7. The number of benzene rings is 2. The van der Waals surface area contributed by atoms with E-state index in [0.29, 0.717) is 23.5 Å². The molecule has 1 aliphatic rings. The van der Waals surface area contributed by atoms with Crippen LogP contribution in [0.2, 0.25) is 10.0 Å². The largest absolute Gasteiger partial charge is 0.467 e. The zero-order valence-electron chi connectivity index (χ0n) is 22.6. The lowest BCUT2D eigenvalue weighted by molar-refractivity contribution is -0.145. The van der Waals surface area contributed by atoms with Crippen LogP contribution in [-0.2, 0) is 36.9 Å². The summed E-state index contributed by atoms with van der Waals surface area (Å²) in [5.41, 5.74) is -0.0609. The molecular weight excluding hydrogens is 668 g/mol. The Bertz CT molecular complexity index is 1640. The number of methoxy groups -OCH3 is 1. The first-order valence-electron chi connectivity index (χ1n) is 12.6. The molecule has 2 aromatic carbocycles. The summed E-state index contributed by atoms with van der Waals surface area (Å²) in [5, 5.41) is 4.88. The zero-order chi connectivity index (χ0) is 32.2.